The van der Waals surface area contributed by atoms with Crippen molar-refractivity contribution in [2.75, 3.05) is 0 Å². The maximum atomic E-state index is 11.6. The lowest BCUT2D eigenvalue weighted by atomic mass is 10.1. The van der Waals surface area contributed by atoms with Crippen molar-refractivity contribution in [1.29, 1.82) is 0 Å². The number of carbonyl (C=O) groups is 1. The summed E-state index contributed by atoms with van der Waals surface area (Å²) in [4.78, 5) is 36.0. The maximum Gasteiger partial charge on any atom is 0.328 e. The minimum Gasteiger partial charge on any atom is -0.350 e. The highest BCUT2D eigenvalue weighted by Crippen LogP contribution is 1.99. The Morgan fingerprint density at radius 1 is 1.47 bits per heavy atom. The van der Waals surface area contributed by atoms with E-state index in [2.05, 4.69) is 5.32 Å². The van der Waals surface area contributed by atoms with Gasteiger partial charge in [0, 0.05) is 11.7 Å². The molecule has 0 aliphatic carbocycles. The number of hydrogen-bond acceptors (Lipinski definition) is 3. The van der Waals surface area contributed by atoms with Crippen LogP contribution in [0.15, 0.2) is 15.8 Å². The van der Waals surface area contributed by atoms with Gasteiger partial charge in [0.25, 0.3) is 5.56 Å². The molecule has 17 heavy (non-hydrogen) atoms. The van der Waals surface area contributed by atoms with Crippen molar-refractivity contribution in [2.24, 2.45) is 0 Å². The molecule has 7 heteroatoms. The van der Waals surface area contributed by atoms with Gasteiger partial charge in [0.2, 0.25) is 5.91 Å². The molecule has 1 aromatic rings. The third-order valence-electron chi connectivity index (χ3n) is 1.80. The van der Waals surface area contributed by atoms with E-state index in [1.165, 1.54) is 0 Å². The van der Waals surface area contributed by atoms with Crippen LogP contribution in [0.4, 0.5) is 0 Å². The van der Waals surface area contributed by atoms with E-state index in [9.17, 15) is 14.4 Å². The zero-order valence-electron chi connectivity index (χ0n) is 9.83. The zero-order chi connectivity index (χ0) is 13.2. The number of amides is 1. The Morgan fingerprint density at radius 3 is 2.59 bits per heavy atom. The smallest absolute Gasteiger partial charge is 0.328 e. The van der Waals surface area contributed by atoms with Gasteiger partial charge in [-0.15, -0.1) is 0 Å². The van der Waals surface area contributed by atoms with E-state index in [0.29, 0.717) is 0 Å². The summed E-state index contributed by atoms with van der Waals surface area (Å²) < 4.78 is 1.05. The molecule has 6 nitrogen and oxygen atoms in total. The predicted molar refractivity (Wildman–Crippen MR) is 64.2 cm³/mol. The highest BCUT2D eigenvalue weighted by atomic mass is 35.5. The molecule has 1 heterocycles. The SMILES string of the molecule is CC(C)(C)NC(=O)Cn1cc(Cl)c(=O)[nH]c1=O. The third-order valence-corrected chi connectivity index (χ3v) is 2.07. The molecule has 1 rings (SSSR count). The van der Waals surface area contributed by atoms with Crippen LogP contribution in [-0.4, -0.2) is 21.0 Å². The Kier molecular flexibility index (Phi) is 3.77. The van der Waals surface area contributed by atoms with Crippen LogP contribution in [-0.2, 0) is 11.3 Å². The summed E-state index contributed by atoms with van der Waals surface area (Å²) in [6.45, 7) is 5.29. The van der Waals surface area contributed by atoms with Gasteiger partial charge in [-0.25, -0.2) is 4.79 Å². The number of aromatic amines is 1. The summed E-state index contributed by atoms with van der Waals surface area (Å²) >= 11 is 5.57. The maximum absolute atomic E-state index is 11.6. The monoisotopic (exact) mass is 259 g/mol. The molecule has 0 aliphatic heterocycles. The first-order chi connectivity index (χ1) is 7.69. The average Bonchev–Trinajstić information content (AvgIpc) is 2.11. The number of nitrogens with one attached hydrogen (secondary N) is 2. The predicted octanol–water partition coefficient (Wildman–Crippen LogP) is 0.105. The lowest BCUT2D eigenvalue weighted by Crippen LogP contribution is -2.44. The van der Waals surface area contributed by atoms with E-state index in [1.807, 2.05) is 25.8 Å². The van der Waals surface area contributed by atoms with Crippen molar-refractivity contribution in [3.8, 4) is 0 Å². The number of nitrogens with zero attached hydrogens (tertiary/aromatic N) is 1. The Morgan fingerprint density at radius 2 is 2.06 bits per heavy atom. The molecule has 0 fully saturated rings. The molecule has 0 radical (unpaired) electrons. The number of halogens is 1. The van der Waals surface area contributed by atoms with Gasteiger partial charge in [-0.2, -0.15) is 0 Å². The summed E-state index contributed by atoms with van der Waals surface area (Å²) in [6.07, 6.45) is 1.14. The fourth-order valence-corrected chi connectivity index (χ4v) is 1.38. The van der Waals surface area contributed by atoms with Crippen molar-refractivity contribution < 1.29 is 4.79 Å². The highest BCUT2D eigenvalue weighted by molar-refractivity contribution is 6.30. The fourth-order valence-electron chi connectivity index (χ4n) is 1.21. The van der Waals surface area contributed by atoms with Crippen LogP contribution >= 0.6 is 11.6 Å². The quantitative estimate of drug-likeness (QED) is 0.790. The molecule has 1 aromatic heterocycles. The van der Waals surface area contributed by atoms with Gasteiger partial charge in [-0.05, 0) is 20.8 Å². The Hall–Kier alpha value is -1.56. The normalized spacial score (nSPS) is 11.3. The van der Waals surface area contributed by atoms with Crippen LogP contribution < -0.4 is 16.6 Å². The number of carbonyl (C=O) groups excluding carboxylic acids is 1. The lowest BCUT2D eigenvalue weighted by molar-refractivity contribution is -0.123. The Bertz CT molecular complexity index is 539. The minimum absolute atomic E-state index is 0.131. The molecule has 0 aromatic carbocycles. The number of hydrogen-bond donors (Lipinski definition) is 2. The van der Waals surface area contributed by atoms with Crippen molar-refractivity contribution in [3.05, 3.63) is 32.1 Å². The second-order valence-corrected chi connectivity index (χ2v) is 5.07. The van der Waals surface area contributed by atoms with Gasteiger partial charge < -0.3 is 5.32 Å². The van der Waals surface area contributed by atoms with E-state index in [1.54, 1.807) is 0 Å². The van der Waals surface area contributed by atoms with Gasteiger partial charge in [0.1, 0.15) is 11.6 Å². The highest BCUT2D eigenvalue weighted by Gasteiger charge is 2.14. The van der Waals surface area contributed by atoms with Crippen LogP contribution in [0, 0.1) is 0 Å². The Balaban J connectivity index is 2.90. The number of rotatable bonds is 2. The molecule has 0 spiro atoms. The van der Waals surface area contributed by atoms with Gasteiger partial charge in [-0.1, -0.05) is 11.6 Å². The fraction of sp³-hybridized carbons (Fsp3) is 0.500. The molecular weight excluding hydrogens is 246 g/mol. The summed E-state index contributed by atoms with van der Waals surface area (Å²) in [5.74, 6) is -0.331. The topological polar surface area (TPSA) is 84.0 Å². The van der Waals surface area contributed by atoms with Crippen LogP contribution in [0.3, 0.4) is 0 Å². The first-order valence-corrected chi connectivity index (χ1v) is 5.37. The number of aromatic nitrogens is 2. The van der Waals surface area contributed by atoms with Crippen LogP contribution in [0.25, 0.3) is 0 Å². The Labute approximate surface area is 103 Å². The van der Waals surface area contributed by atoms with E-state index in [0.717, 1.165) is 10.8 Å². The molecule has 0 aliphatic rings. The van der Waals surface area contributed by atoms with E-state index in [-0.39, 0.29) is 23.0 Å². The van der Waals surface area contributed by atoms with Crippen molar-refractivity contribution in [2.45, 2.75) is 32.9 Å². The molecule has 1 amide bonds. The van der Waals surface area contributed by atoms with Crippen molar-refractivity contribution in [1.82, 2.24) is 14.9 Å². The van der Waals surface area contributed by atoms with E-state index < -0.39 is 11.2 Å². The lowest BCUT2D eigenvalue weighted by Gasteiger charge is -2.20. The van der Waals surface area contributed by atoms with Crippen LogP contribution in [0.1, 0.15) is 20.8 Å². The van der Waals surface area contributed by atoms with Gasteiger partial charge in [-0.3, -0.25) is 19.1 Å². The van der Waals surface area contributed by atoms with E-state index in [4.69, 9.17) is 11.6 Å². The van der Waals surface area contributed by atoms with Gasteiger partial charge in [0.05, 0.1) is 0 Å². The second-order valence-electron chi connectivity index (χ2n) is 4.66. The second kappa shape index (κ2) is 4.75. The average molecular weight is 260 g/mol. The molecule has 0 unspecified atom stereocenters. The molecule has 0 saturated heterocycles. The van der Waals surface area contributed by atoms with Crippen LogP contribution in [0.2, 0.25) is 5.02 Å². The molecule has 2 N–H and O–H groups in total. The summed E-state index contributed by atoms with van der Waals surface area (Å²) in [6, 6.07) is 0. The van der Waals surface area contributed by atoms with Gasteiger partial charge >= 0.3 is 5.69 Å². The summed E-state index contributed by atoms with van der Waals surface area (Å²) in [5, 5.41) is 2.56. The molecule has 0 saturated carbocycles. The van der Waals surface area contributed by atoms with Gasteiger partial charge in [0.15, 0.2) is 0 Å². The molecular formula is C10H14ClN3O3. The first kappa shape index (κ1) is 13.5. The van der Waals surface area contributed by atoms with Crippen molar-refractivity contribution in [3.63, 3.8) is 0 Å². The third kappa shape index (κ3) is 4.07. The zero-order valence-corrected chi connectivity index (χ0v) is 10.6. The van der Waals surface area contributed by atoms with E-state index >= 15 is 0 Å². The minimum atomic E-state index is -0.663. The van der Waals surface area contributed by atoms with Crippen molar-refractivity contribution >= 4 is 17.5 Å². The number of H-pyrrole nitrogens is 1. The summed E-state index contributed by atoms with van der Waals surface area (Å²) in [7, 11) is 0. The largest absolute Gasteiger partial charge is 0.350 e. The standard InChI is InChI=1S/C10H14ClN3O3/c1-10(2,3)13-7(15)5-14-4-6(11)8(16)12-9(14)17/h4H,5H2,1-3H3,(H,13,15)(H,12,16,17). The molecule has 0 bridgehead atoms. The summed E-state index contributed by atoms with van der Waals surface area (Å²) in [5.41, 5.74) is -1.71. The van der Waals surface area contributed by atoms with Crippen LogP contribution in [0.5, 0.6) is 0 Å². The first-order valence-electron chi connectivity index (χ1n) is 4.99. The molecule has 94 valence electrons. The molecule has 0 atom stereocenters.